The van der Waals surface area contributed by atoms with Gasteiger partial charge in [-0.25, -0.2) is 0 Å². The zero-order valence-electron chi connectivity index (χ0n) is 11.4. The van der Waals surface area contributed by atoms with E-state index in [1.54, 1.807) is 7.11 Å². The molecule has 0 aliphatic carbocycles. The third-order valence-electron chi connectivity index (χ3n) is 3.53. The number of nitrogens with zero attached hydrogens (tertiary/aromatic N) is 3. The van der Waals surface area contributed by atoms with Crippen LogP contribution in [0.15, 0.2) is 18.2 Å². The molecule has 2 heterocycles. The second-order valence-electron chi connectivity index (χ2n) is 4.84. The molecule has 1 aliphatic heterocycles. The van der Waals surface area contributed by atoms with Crippen molar-refractivity contribution in [1.82, 2.24) is 14.8 Å². The lowest BCUT2D eigenvalue weighted by Gasteiger charge is -2.16. The van der Waals surface area contributed by atoms with E-state index in [-0.39, 0.29) is 0 Å². The summed E-state index contributed by atoms with van der Waals surface area (Å²) < 4.78 is 7.52. The van der Waals surface area contributed by atoms with Gasteiger partial charge in [-0.3, -0.25) is 0 Å². The van der Waals surface area contributed by atoms with Crippen LogP contribution in [0.2, 0.25) is 5.02 Å². The number of nitrogens with one attached hydrogen (secondary N) is 1. The van der Waals surface area contributed by atoms with Gasteiger partial charge in [-0.05, 0) is 31.0 Å². The molecule has 1 aliphatic rings. The lowest BCUT2D eigenvalue weighted by molar-refractivity contribution is 0.416. The minimum Gasteiger partial charge on any atom is -0.495 e. The highest BCUT2D eigenvalue weighted by atomic mass is 35.5. The smallest absolute Gasteiger partial charge is 0.152 e. The quantitative estimate of drug-likeness (QED) is 0.941. The number of benzene rings is 1. The number of hydrogen-bond acceptors (Lipinski definition) is 4. The second kappa shape index (κ2) is 5.71. The number of anilines is 1. The first-order valence-corrected chi connectivity index (χ1v) is 7.14. The van der Waals surface area contributed by atoms with Crippen molar-refractivity contribution < 1.29 is 4.74 Å². The molecule has 0 unspecified atom stereocenters. The molecule has 3 rings (SSSR count). The van der Waals surface area contributed by atoms with E-state index < -0.39 is 0 Å². The number of aromatic nitrogens is 3. The standard InChI is InChI=1S/C14H17ClN4O/c1-20-12-6-5-10(15)8-11(12)16-9-14-18-17-13-4-2-3-7-19(13)14/h5-6,8,16H,2-4,7,9H2,1H3. The molecule has 1 aromatic heterocycles. The Balaban J connectivity index is 1.76. The fourth-order valence-corrected chi connectivity index (χ4v) is 2.66. The number of halogens is 1. The maximum Gasteiger partial charge on any atom is 0.152 e. The first-order chi connectivity index (χ1) is 9.78. The molecular weight excluding hydrogens is 276 g/mol. The van der Waals surface area contributed by atoms with Gasteiger partial charge in [0.2, 0.25) is 0 Å². The monoisotopic (exact) mass is 292 g/mol. The minimum atomic E-state index is 0.615. The highest BCUT2D eigenvalue weighted by Gasteiger charge is 2.15. The molecule has 0 bridgehead atoms. The van der Waals surface area contributed by atoms with Crippen LogP contribution in [0.5, 0.6) is 5.75 Å². The third-order valence-corrected chi connectivity index (χ3v) is 3.77. The van der Waals surface area contributed by atoms with Crippen LogP contribution in [0.4, 0.5) is 5.69 Å². The number of ether oxygens (including phenoxy) is 1. The van der Waals surface area contributed by atoms with E-state index in [2.05, 4.69) is 20.1 Å². The molecule has 0 spiro atoms. The molecule has 0 radical (unpaired) electrons. The Morgan fingerprint density at radius 1 is 1.35 bits per heavy atom. The Kier molecular flexibility index (Phi) is 3.78. The van der Waals surface area contributed by atoms with Crippen LogP contribution in [0.3, 0.4) is 0 Å². The Labute approximate surface area is 122 Å². The highest BCUT2D eigenvalue weighted by molar-refractivity contribution is 6.30. The predicted molar refractivity (Wildman–Crippen MR) is 78.3 cm³/mol. The molecule has 106 valence electrons. The van der Waals surface area contributed by atoms with Crippen LogP contribution in [0, 0.1) is 0 Å². The van der Waals surface area contributed by atoms with Crippen molar-refractivity contribution in [1.29, 1.82) is 0 Å². The van der Waals surface area contributed by atoms with E-state index in [1.165, 1.54) is 12.8 Å². The van der Waals surface area contributed by atoms with Gasteiger partial charge in [0.15, 0.2) is 5.82 Å². The largest absolute Gasteiger partial charge is 0.495 e. The van der Waals surface area contributed by atoms with Gasteiger partial charge in [0.25, 0.3) is 0 Å². The molecule has 1 aromatic carbocycles. The van der Waals surface area contributed by atoms with Crippen molar-refractivity contribution in [2.24, 2.45) is 0 Å². The zero-order chi connectivity index (χ0) is 13.9. The summed E-state index contributed by atoms with van der Waals surface area (Å²) >= 11 is 6.02. The van der Waals surface area contributed by atoms with E-state index in [1.807, 2.05) is 18.2 Å². The van der Waals surface area contributed by atoms with Crippen LogP contribution in [-0.2, 0) is 19.5 Å². The van der Waals surface area contributed by atoms with Crippen molar-refractivity contribution in [3.8, 4) is 5.75 Å². The van der Waals surface area contributed by atoms with Crippen molar-refractivity contribution in [2.45, 2.75) is 32.4 Å². The van der Waals surface area contributed by atoms with Crippen LogP contribution in [0.25, 0.3) is 0 Å². The van der Waals surface area contributed by atoms with Crippen molar-refractivity contribution in [2.75, 3.05) is 12.4 Å². The molecule has 1 N–H and O–H groups in total. The molecule has 0 atom stereocenters. The number of aryl methyl sites for hydroxylation is 1. The van der Waals surface area contributed by atoms with Gasteiger partial charge in [0, 0.05) is 18.0 Å². The second-order valence-corrected chi connectivity index (χ2v) is 5.28. The van der Waals surface area contributed by atoms with E-state index in [9.17, 15) is 0 Å². The van der Waals surface area contributed by atoms with Crippen LogP contribution in [-0.4, -0.2) is 21.9 Å². The zero-order valence-corrected chi connectivity index (χ0v) is 12.2. The first-order valence-electron chi connectivity index (χ1n) is 6.76. The molecule has 0 fully saturated rings. The van der Waals surface area contributed by atoms with Gasteiger partial charge in [0.1, 0.15) is 11.6 Å². The summed E-state index contributed by atoms with van der Waals surface area (Å²) in [7, 11) is 1.65. The van der Waals surface area contributed by atoms with Gasteiger partial charge < -0.3 is 14.6 Å². The molecule has 0 saturated carbocycles. The summed E-state index contributed by atoms with van der Waals surface area (Å²) in [6.45, 7) is 1.62. The van der Waals surface area contributed by atoms with E-state index in [0.717, 1.165) is 36.1 Å². The summed E-state index contributed by atoms with van der Waals surface area (Å²) in [6.07, 6.45) is 3.42. The number of methoxy groups -OCH3 is 1. The highest BCUT2D eigenvalue weighted by Crippen LogP contribution is 2.28. The molecule has 5 nitrogen and oxygen atoms in total. The summed E-state index contributed by atoms with van der Waals surface area (Å²) in [4.78, 5) is 0. The lowest BCUT2D eigenvalue weighted by atomic mass is 10.2. The maximum absolute atomic E-state index is 6.02. The normalized spacial score (nSPS) is 13.9. The van der Waals surface area contributed by atoms with E-state index in [4.69, 9.17) is 16.3 Å². The number of rotatable bonds is 4. The fraction of sp³-hybridized carbons (Fsp3) is 0.429. The third kappa shape index (κ3) is 2.58. The van der Waals surface area contributed by atoms with Crippen molar-refractivity contribution in [3.05, 3.63) is 34.9 Å². The maximum atomic E-state index is 6.02. The van der Waals surface area contributed by atoms with E-state index in [0.29, 0.717) is 11.6 Å². The molecule has 2 aromatic rings. The molecule has 6 heteroatoms. The Morgan fingerprint density at radius 2 is 2.25 bits per heavy atom. The summed E-state index contributed by atoms with van der Waals surface area (Å²) in [5, 5.41) is 12.5. The molecule has 20 heavy (non-hydrogen) atoms. The molecule has 0 amide bonds. The number of hydrogen-bond donors (Lipinski definition) is 1. The Morgan fingerprint density at radius 3 is 3.10 bits per heavy atom. The summed E-state index contributed by atoms with van der Waals surface area (Å²) in [5.41, 5.74) is 0.869. The van der Waals surface area contributed by atoms with Gasteiger partial charge in [0.05, 0.1) is 19.3 Å². The summed E-state index contributed by atoms with van der Waals surface area (Å²) in [6, 6.07) is 5.52. The summed E-state index contributed by atoms with van der Waals surface area (Å²) in [5.74, 6) is 2.82. The van der Waals surface area contributed by atoms with Crippen molar-refractivity contribution >= 4 is 17.3 Å². The topological polar surface area (TPSA) is 52.0 Å². The minimum absolute atomic E-state index is 0.615. The lowest BCUT2D eigenvalue weighted by Crippen LogP contribution is -2.15. The SMILES string of the molecule is COc1ccc(Cl)cc1NCc1nnc2n1CCCC2. The van der Waals surface area contributed by atoms with Crippen LogP contribution >= 0.6 is 11.6 Å². The van der Waals surface area contributed by atoms with Crippen molar-refractivity contribution in [3.63, 3.8) is 0 Å². The van der Waals surface area contributed by atoms with Gasteiger partial charge in [-0.1, -0.05) is 11.6 Å². The Hall–Kier alpha value is -1.75. The van der Waals surface area contributed by atoms with Crippen LogP contribution < -0.4 is 10.1 Å². The van der Waals surface area contributed by atoms with Gasteiger partial charge in [-0.15, -0.1) is 10.2 Å². The number of fused-ring (bicyclic) bond motifs is 1. The molecular formula is C14H17ClN4O. The average molecular weight is 293 g/mol. The fourth-order valence-electron chi connectivity index (χ4n) is 2.49. The van der Waals surface area contributed by atoms with Crippen LogP contribution in [0.1, 0.15) is 24.5 Å². The first kappa shape index (κ1) is 13.2. The van der Waals surface area contributed by atoms with Gasteiger partial charge >= 0.3 is 0 Å². The average Bonchev–Trinajstić information content (AvgIpc) is 2.88. The Bertz CT molecular complexity index is 611. The van der Waals surface area contributed by atoms with E-state index >= 15 is 0 Å². The predicted octanol–water partition coefficient (Wildman–Crippen LogP) is 2.89. The van der Waals surface area contributed by atoms with Gasteiger partial charge in [-0.2, -0.15) is 0 Å². The molecule has 0 saturated heterocycles.